The zero-order valence-electron chi connectivity index (χ0n) is 10.2. The predicted octanol–water partition coefficient (Wildman–Crippen LogP) is 1.96. The van der Waals surface area contributed by atoms with Gasteiger partial charge in [-0.2, -0.15) is 5.10 Å². The Labute approximate surface area is 101 Å². The van der Waals surface area contributed by atoms with Gasteiger partial charge in [-0.05, 0) is 19.8 Å². The van der Waals surface area contributed by atoms with Crippen molar-refractivity contribution in [2.75, 3.05) is 6.61 Å². The van der Waals surface area contributed by atoms with E-state index in [4.69, 9.17) is 4.74 Å². The van der Waals surface area contributed by atoms with Crippen LogP contribution in [0.1, 0.15) is 56.6 Å². The molecule has 0 bridgehead atoms. The van der Waals surface area contributed by atoms with Gasteiger partial charge in [-0.3, -0.25) is 9.89 Å². The lowest BCUT2D eigenvalue weighted by Crippen LogP contribution is -2.09. The Morgan fingerprint density at radius 3 is 2.88 bits per heavy atom. The molecular weight excluding hydrogens is 218 g/mol. The molecule has 17 heavy (non-hydrogen) atoms. The second-order valence-electron chi connectivity index (χ2n) is 4.46. The lowest BCUT2D eigenvalue weighted by Gasteiger charge is -2.17. The summed E-state index contributed by atoms with van der Waals surface area (Å²) in [5, 5.41) is 7.04. The van der Waals surface area contributed by atoms with Gasteiger partial charge in [0.2, 0.25) is 0 Å². The van der Waals surface area contributed by atoms with Gasteiger partial charge >= 0.3 is 5.97 Å². The van der Waals surface area contributed by atoms with Crippen molar-refractivity contribution in [2.24, 2.45) is 0 Å². The molecule has 0 radical (unpaired) electrons. The van der Waals surface area contributed by atoms with Crippen LogP contribution in [0.25, 0.3) is 0 Å². The topological polar surface area (TPSA) is 67.9 Å². The van der Waals surface area contributed by atoms with E-state index >= 15 is 0 Å². The van der Waals surface area contributed by atoms with Crippen LogP contribution in [0.3, 0.4) is 0 Å². The summed E-state index contributed by atoms with van der Waals surface area (Å²) in [6, 6.07) is 0. The minimum atomic E-state index is -0.251. The zero-order chi connectivity index (χ0) is 12.1. The van der Waals surface area contributed by atoms with Gasteiger partial charge < -0.3 is 4.74 Å². The third-order valence-electron chi connectivity index (χ3n) is 3.14. The van der Waals surface area contributed by atoms with E-state index in [1.54, 1.807) is 6.92 Å². The maximum Gasteiger partial charge on any atom is 0.313 e. The molecule has 5 nitrogen and oxygen atoms in total. The number of hydrogen-bond donors (Lipinski definition) is 1. The molecule has 1 aromatic rings. The number of nitrogens with zero attached hydrogens (tertiary/aromatic N) is 2. The van der Waals surface area contributed by atoms with Gasteiger partial charge in [0, 0.05) is 5.92 Å². The highest BCUT2D eigenvalue weighted by atomic mass is 16.5. The Morgan fingerprint density at radius 2 is 2.18 bits per heavy atom. The monoisotopic (exact) mass is 237 g/mol. The first-order chi connectivity index (χ1) is 8.29. The van der Waals surface area contributed by atoms with E-state index in [2.05, 4.69) is 15.2 Å². The molecule has 1 fully saturated rings. The molecule has 0 spiro atoms. The van der Waals surface area contributed by atoms with Gasteiger partial charge in [0.15, 0.2) is 5.82 Å². The van der Waals surface area contributed by atoms with Crippen LogP contribution < -0.4 is 0 Å². The van der Waals surface area contributed by atoms with Crippen molar-refractivity contribution in [2.45, 2.75) is 51.4 Å². The third kappa shape index (κ3) is 3.28. The number of nitrogens with one attached hydrogen (secondary N) is 1. The van der Waals surface area contributed by atoms with E-state index in [0.29, 0.717) is 18.3 Å². The first kappa shape index (κ1) is 12.1. The fourth-order valence-corrected chi connectivity index (χ4v) is 2.28. The number of hydrogen-bond acceptors (Lipinski definition) is 4. The number of rotatable bonds is 4. The Balaban J connectivity index is 1.93. The number of aromatic nitrogens is 3. The molecule has 94 valence electrons. The van der Waals surface area contributed by atoms with Gasteiger partial charge in [-0.1, -0.05) is 19.3 Å². The molecule has 2 rings (SSSR count). The summed E-state index contributed by atoms with van der Waals surface area (Å²) in [7, 11) is 0. The maximum atomic E-state index is 11.3. The number of H-pyrrole nitrogens is 1. The van der Waals surface area contributed by atoms with Crippen molar-refractivity contribution in [3.63, 3.8) is 0 Å². The first-order valence-corrected chi connectivity index (χ1v) is 6.36. The molecule has 1 aliphatic carbocycles. The van der Waals surface area contributed by atoms with Gasteiger partial charge in [-0.25, -0.2) is 4.98 Å². The van der Waals surface area contributed by atoms with Crippen molar-refractivity contribution < 1.29 is 9.53 Å². The maximum absolute atomic E-state index is 11.3. The standard InChI is InChI=1S/C12H19N3O2/c1-2-17-11(16)8-10-13-12(15-14-10)9-6-4-3-5-7-9/h9H,2-8H2,1H3,(H,13,14,15). The number of esters is 1. The predicted molar refractivity (Wildman–Crippen MR) is 62.5 cm³/mol. The Kier molecular flexibility index (Phi) is 4.12. The summed E-state index contributed by atoms with van der Waals surface area (Å²) >= 11 is 0. The number of carbonyl (C=O) groups is 1. The SMILES string of the molecule is CCOC(=O)Cc1nc(C2CCCCC2)n[nH]1. The molecule has 0 aliphatic heterocycles. The summed E-state index contributed by atoms with van der Waals surface area (Å²) in [4.78, 5) is 15.7. The molecule has 1 aromatic heterocycles. The first-order valence-electron chi connectivity index (χ1n) is 6.36. The largest absolute Gasteiger partial charge is 0.466 e. The summed E-state index contributed by atoms with van der Waals surface area (Å²) in [6.45, 7) is 2.20. The highest BCUT2D eigenvalue weighted by Crippen LogP contribution is 2.30. The molecule has 5 heteroatoms. The minimum Gasteiger partial charge on any atom is -0.466 e. The molecular formula is C12H19N3O2. The molecule has 0 atom stereocenters. The van der Waals surface area contributed by atoms with E-state index in [9.17, 15) is 4.79 Å². The van der Waals surface area contributed by atoms with E-state index in [1.807, 2.05) is 0 Å². The highest BCUT2D eigenvalue weighted by Gasteiger charge is 2.20. The average Bonchev–Trinajstić information content (AvgIpc) is 2.79. The van der Waals surface area contributed by atoms with Gasteiger partial charge in [0.1, 0.15) is 12.2 Å². The smallest absolute Gasteiger partial charge is 0.313 e. The van der Waals surface area contributed by atoms with Crippen molar-refractivity contribution in [1.82, 2.24) is 15.2 Å². The lowest BCUT2D eigenvalue weighted by molar-refractivity contribution is -0.142. The van der Waals surface area contributed by atoms with Crippen molar-refractivity contribution in [3.8, 4) is 0 Å². The zero-order valence-corrected chi connectivity index (χ0v) is 10.2. The summed E-state index contributed by atoms with van der Waals surface area (Å²) < 4.78 is 4.87. The van der Waals surface area contributed by atoms with E-state index in [1.165, 1.54) is 19.3 Å². The van der Waals surface area contributed by atoms with Gasteiger partial charge in [0.05, 0.1) is 6.61 Å². The van der Waals surface area contributed by atoms with E-state index in [0.717, 1.165) is 18.7 Å². The van der Waals surface area contributed by atoms with E-state index in [-0.39, 0.29) is 12.4 Å². The summed E-state index contributed by atoms with van der Waals surface area (Å²) in [6.07, 6.45) is 6.34. The normalized spacial score (nSPS) is 17.0. The second kappa shape index (κ2) is 5.80. The molecule has 0 saturated heterocycles. The third-order valence-corrected chi connectivity index (χ3v) is 3.14. The Morgan fingerprint density at radius 1 is 1.41 bits per heavy atom. The number of ether oxygens (including phenoxy) is 1. The van der Waals surface area contributed by atoms with Crippen LogP contribution in [-0.2, 0) is 16.0 Å². The van der Waals surface area contributed by atoms with Gasteiger partial charge in [0.25, 0.3) is 0 Å². The molecule has 0 unspecified atom stereocenters. The quantitative estimate of drug-likeness (QED) is 0.813. The summed E-state index contributed by atoms with van der Waals surface area (Å²) in [5.41, 5.74) is 0. The second-order valence-corrected chi connectivity index (χ2v) is 4.46. The molecule has 1 saturated carbocycles. The minimum absolute atomic E-state index is 0.188. The van der Waals surface area contributed by atoms with Crippen LogP contribution >= 0.6 is 0 Å². The van der Waals surface area contributed by atoms with Crippen molar-refractivity contribution in [1.29, 1.82) is 0 Å². The van der Waals surface area contributed by atoms with Crippen LogP contribution in [0.15, 0.2) is 0 Å². The highest BCUT2D eigenvalue weighted by molar-refractivity contribution is 5.71. The average molecular weight is 237 g/mol. The summed E-state index contributed by atoms with van der Waals surface area (Å²) in [5.74, 6) is 1.70. The van der Waals surface area contributed by atoms with E-state index < -0.39 is 0 Å². The van der Waals surface area contributed by atoms with Crippen LogP contribution in [0.5, 0.6) is 0 Å². The van der Waals surface area contributed by atoms with Crippen LogP contribution in [0.2, 0.25) is 0 Å². The molecule has 1 aliphatic rings. The van der Waals surface area contributed by atoms with Crippen LogP contribution in [0, 0.1) is 0 Å². The van der Waals surface area contributed by atoms with Crippen LogP contribution in [-0.4, -0.2) is 27.8 Å². The Bertz CT molecular complexity index is 370. The van der Waals surface area contributed by atoms with Gasteiger partial charge in [-0.15, -0.1) is 0 Å². The lowest BCUT2D eigenvalue weighted by atomic mass is 9.89. The van der Waals surface area contributed by atoms with Crippen LogP contribution in [0.4, 0.5) is 0 Å². The number of carbonyl (C=O) groups excluding carboxylic acids is 1. The fraction of sp³-hybridized carbons (Fsp3) is 0.750. The Hall–Kier alpha value is -1.39. The fourth-order valence-electron chi connectivity index (χ4n) is 2.28. The van der Waals surface area contributed by atoms with Crippen molar-refractivity contribution in [3.05, 3.63) is 11.6 Å². The molecule has 1 heterocycles. The molecule has 1 N–H and O–H groups in total. The molecule has 0 amide bonds. The van der Waals surface area contributed by atoms with Crippen molar-refractivity contribution >= 4 is 5.97 Å². The number of aromatic amines is 1. The molecule has 0 aromatic carbocycles.